The zero-order valence-corrected chi connectivity index (χ0v) is 16.3. The minimum Gasteiger partial charge on any atom is -0.504 e. The van der Waals surface area contributed by atoms with E-state index >= 15 is 0 Å². The SMILES string of the molecule is NC1CCC(CN2CCOc3c(O)cc(-c4cccc(Cl)c4)cc3C2)CC1. The summed E-state index contributed by atoms with van der Waals surface area (Å²) in [4.78, 5) is 2.45. The molecule has 2 aromatic carbocycles. The number of hydrogen-bond acceptors (Lipinski definition) is 4. The van der Waals surface area contributed by atoms with Gasteiger partial charge in [-0.3, -0.25) is 4.90 Å². The molecule has 0 aromatic heterocycles. The molecule has 0 bridgehead atoms. The van der Waals surface area contributed by atoms with Gasteiger partial charge in [0.2, 0.25) is 0 Å². The lowest BCUT2D eigenvalue weighted by molar-refractivity contribution is 0.173. The van der Waals surface area contributed by atoms with Crippen LogP contribution in [0, 0.1) is 5.92 Å². The second-order valence-corrected chi connectivity index (χ2v) is 8.29. The Morgan fingerprint density at radius 2 is 1.93 bits per heavy atom. The number of phenolic OH excluding ortho intramolecular Hbond substituents is 1. The predicted molar refractivity (Wildman–Crippen MR) is 109 cm³/mol. The van der Waals surface area contributed by atoms with Crippen molar-refractivity contribution in [1.29, 1.82) is 0 Å². The van der Waals surface area contributed by atoms with Crippen LogP contribution in [0.1, 0.15) is 31.2 Å². The summed E-state index contributed by atoms with van der Waals surface area (Å²) in [5, 5.41) is 11.2. The second kappa shape index (κ2) is 8.09. The third kappa shape index (κ3) is 4.40. The van der Waals surface area contributed by atoms with Crippen LogP contribution >= 0.6 is 11.6 Å². The molecular weight excluding hydrogens is 360 g/mol. The van der Waals surface area contributed by atoms with Gasteiger partial charge >= 0.3 is 0 Å². The Bertz CT molecular complexity index is 803. The molecule has 0 amide bonds. The highest BCUT2D eigenvalue weighted by molar-refractivity contribution is 6.30. The molecular formula is C22H27ClN2O2. The van der Waals surface area contributed by atoms with Gasteiger partial charge in [-0.15, -0.1) is 0 Å². The third-order valence-electron chi connectivity index (χ3n) is 5.76. The van der Waals surface area contributed by atoms with Gasteiger partial charge in [-0.2, -0.15) is 0 Å². The lowest BCUT2D eigenvalue weighted by Crippen LogP contribution is -2.35. The number of halogens is 1. The van der Waals surface area contributed by atoms with Crippen LogP contribution in [0.2, 0.25) is 5.02 Å². The summed E-state index contributed by atoms with van der Waals surface area (Å²) in [6, 6.07) is 12.0. The first-order chi connectivity index (χ1) is 13.1. The van der Waals surface area contributed by atoms with Crippen molar-refractivity contribution in [1.82, 2.24) is 4.90 Å². The van der Waals surface area contributed by atoms with Crippen LogP contribution in [-0.2, 0) is 6.54 Å². The topological polar surface area (TPSA) is 58.7 Å². The first-order valence-electron chi connectivity index (χ1n) is 9.81. The maximum atomic E-state index is 10.5. The molecule has 1 aliphatic heterocycles. The molecule has 4 rings (SSSR count). The second-order valence-electron chi connectivity index (χ2n) is 7.86. The largest absolute Gasteiger partial charge is 0.504 e. The molecule has 0 unspecified atom stereocenters. The number of benzene rings is 2. The fraction of sp³-hybridized carbons (Fsp3) is 0.455. The summed E-state index contributed by atoms with van der Waals surface area (Å²) < 4.78 is 5.89. The highest BCUT2D eigenvalue weighted by Crippen LogP contribution is 2.38. The molecule has 5 heteroatoms. The number of phenols is 1. The molecule has 1 saturated carbocycles. The average Bonchev–Trinajstić information content (AvgIpc) is 2.86. The van der Waals surface area contributed by atoms with Crippen molar-refractivity contribution in [3.05, 3.63) is 47.0 Å². The van der Waals surface area contributed by atoms with Crippen LogP contribution < -0.4 is 10.5 Å². The molecule has 3 N–H and O–H groups in total. The Hall–Kier alpha value is -1.75. The quantitative estimate of drug-likeness (QED) is 0.819. The summed E-state index contributed by atoms with van der Waals surface area (Å²) in [5.41, 5.74) is 9.04. The Morgan fingerprint density at radius 3 is 2.70 bits per heavy atom. The number of hydrogen-bond donors (Lipinski definition) is 2. The number of aromatic hydroxyl groups is 1. The van der Waals surface area contributed by atoms with Crippen LogP contribution in [0.25, 0.3) is 11.1 Å². The van der Waals surface area contributed by atoms with Gasteiger partial charge in [-0.05, 0) is 67.0 Å². The molecule has 0 radical (unpaired) electrons. The van der Waals surface area contributed by atoms with Crippen molar-refractivity contribution in [2.75, 3.05) is 19.7 Å². The van der Waals surface area contributed by atoms with E-state index in [-0.39, 0.29) is 5.75 Å². The van der Waals surface area contributed by atoms with E-state index in [4.69, 9.17) is 22.1 Å². The lowest BCUT2D eigenvalue weighted by Gasteiger charge is -2.30. The first-order valence-corrected chi connectivity index (χ1v) is 10.2. The van der Waals surface area contributed by atoms with Gasteiger partial charge in [-0.1, -0.05) is 23.7 Å². The summed E-state index contributed by atoms with van der Waals surface area (Å²) >= 11 is 6.14. The number of fused-ring (bicyclic) bond motifs is 1. The van der Waals surface area contributed by atoms with E-state index in [0.717, 1.165) is 49.2 Å². The Balaban J connectivity index is 1.55. The van der Waals surface area contributed by atoms with E-state index < -0.39 is 0 Å². The van der Waals surface area contributed by atoms with Crippen molar-refractivity contribution in [2.45, 2.75) is 38.3 Å². The monoisotopic (exact) mass is 386 g/mol. The van der Waals surface area contributed by atoms with Crippen LogP contribution in [0.3, 0.4) is 0 Å². The molecule has 0 saturated heterocycles. The predicted octanol–water partition coefficient (Wildman–Crippen LogP) is 4.42. The van der Waals surface area contributed by atoms with Gasteiger partial charge in [0.05, 0.1) is 0 Å². The van der Waals surface area contributed by atoms with Crippen LogP contribution in [0.5, 0.6) is 11.5 Å². The van der Waals surface area contributed by atoms with Gasteiger partial charge < -0.3 is 15.6 Å². The standard InChI is InChI=1S/C22H27ClN2O2/c23-19-3-1-2-16(11-19)17-10-18-14-25(8-9-27-22(18)21(26)12-17)13-15-4-6-20(24)7-5-15/h1-3,10-12,15,20,26H,4-9,13-14,24H2. The minimum absolute atomic E-state index is 0.202. The Labute approximate surface area is 165 Å². The minimum atomic E-state index is 0.202. The fourth-order valence-electron chi connectivity index (χ4n) is 4.28. The number of ether oxygens (including phenoxy) is 1. The average molecular weight is 387 g/mol. The molecule has 1 aliphatic carbocycles. The number of nitrogens with zero attached hydrogens (tertiary/aromatic N) is 1. The number of rotatable bonds is 3. The fourth-order valence-corrected chi connectivity index (χ4v) is 4.47. The van der Waals surface area contributed by atoms with Crippen molar-refractivity contribution in [3.63, 3.8) is 0 Å². The van der Waals surface area contributed by atoms with Gasteiger partial charge in [0, 0.05) is 36.3 Å². The zero-order chi connectivity index (χ0) is 18.8. The Morgan fingerprint density at radius 1 is 1.11 bits per heavy atom. The molecule has 144 valence electrons. The van der Waals surface area contributed by atoms with Gasteiger partial charge in [0.25, 0.3) is 0 Å². The highest BCUT2D eigenvalue weighted by Gasteiger charge is 2.24. The van der Waals surface area contributed by atoms with Crippen LogP contribution in [-0.4, -0.2) is 35.7 Å². The number of nitrogens with two attached hydrogens (primary N) is 1. The molecule has 2 aromatic rings. The summed E-state index contributed by atoms with van der Waals surface area (Å²) in [6.45, 7) is 3.34. The molecule has 0 atom stereocenters. The van der Waals surface area contributed by atoms with E-state index in [2.05, 4.69) is 11.0 Å². The smallest absolute Gasteiger partial charge is 0.165 e. The van der Waals surface area contributed by atoms with Crippen molar-refractivity contribution in [2.24, 2.45) is 11.7 Å². The van der Waals surface area contributed by atoms with Crippen LogP contribution in [0.4, 0.5) is 0 Å². The van der Waals surface area contributed by atoms with Crippen molar-refractivity contribution >= 4 is 11.6 Å². The Kier molecular flexibility index (Phi) is 5.58. The van der Waals surface area contributed by atoms with Gasteiger partial charge in [-0.25, -0.2) is 0 Å². The van der Waals surface area contributed by atoms with Gasteiger partial charge in [0.15, 0.2) is 11.5 Å². The van der Waals surface area contributed by atoms with E-state index in [1.165, 1.54) is 12.8 Å². The lowest BCUT2D eigenvalue weighted by atomic mass is 9.86. The molecule has 27 heavy (non-hydrogen) atoms. The molecule has 0 spiro atoms. The normalized spacial score (nSPS) is 23.3. The van der Waals surface area contributed by atoms with E-state index in [1.807, 2.05) is 24.3 Å². The van der Waals surface area contributed by atoms with E-state index in [9.17, 15) is 5.11 Å². The third-order valence-corrected chi connectivity index (χ3v) is 5.99. The first kappa shape index (κ1) is 18.6. The molecule has 1 heterocycles. The maximum Gasteiger partial charge on any atom is 0.165 e. The van der Waals surface area contributed by atoms with Crippen molar-refractivity contribution in [3.8, 4) is 22.6 Å². The zero-order valence-electron chi connectivity index (χ0n) is 15.5. The van der Waals surface area contributed by atoms with E-state index in [1.54, 1.807) is 6.07 Å². The summed E-state index contributed by atoms with van der Waals surface area (Å²) in [6.07, 6.45) is 4.68. The highest BCUT2D eigenvalue weighted by atomic mass is 35.5. The van der Waals surface area contributed by atoms with Gasteiger partial charge in [0.1, 0.15) is 6.61 Å². The molecule has 2 aliphatic rings. The molecule has 4 nitrogen and oxygen atoms in total. The van der Waals surface area contributed by atoms with E-state index in [0.29, 0.717) is 29.3 Å². The molecule has 1 fully saturated rings. The van der Waals surface area contributed by atoms with Crippen molar-refractivity contribution < 1.29 is 9.84 Å². The summed E-state index contributed by atoms with van der Waals surface area (Å²) in [5.74, 6) is 1.53. The van der Waals surface area contributed by atoms with Crippen LogP contribution in [0.15, 0.2) is 36.4 Å². The summed E-state index contributed by atoms with van der Waals surface area (Å²) in [7, 11) is 0. The maximum absolute atomic E-state index is 10.5.